The summed E-state index contributed by atoms with van der Waals surface area (Å²) in [7, 11) is 1.63. The van der Waals surface area contributed by atoms with Crippen molar-refractivity contribution >= 4 is 5.91 Å². The van der Waals surface area contributed by atoms with Crippen LogP contribution in [0.3, 0.4) is 0 Å². The molecular formula is C34H42N2O4. The number of hydrogen-bond donors (Lipinski definition) is 0. The third-order valence-electron chi connectivity index (χ3n) is 8.43. The number of likely N-dealkylation sites (tertiary alicyclic amines) is 1. The summed E-state index contributed by atoms with van der Waals surface area (Å²) in [6.07, 6.45) is 6.59. The molecule has 0 aliphatic carbocycles. The van der Waals surface area contributed by atoms with Gasteiger partial charge in [0.2, 0.25) is 0 Å². The number of amides is 1. The molecule has 3 aromatic rings. The zero-order chi connectivity index (χ0) is 27.6. The van der Waals surface area contributed by atoms with E-state index >= 15 is 0 Å². The van der Waals surface area contributed by atoms with E-state index in [9.17, 15) is 4.79 Å². The largest absolute Gasteiger partial charge is 0.497 e. The molecule has 1 fully saturated rings. The zero-order valence-electron chi connectivity index (χ0n) is 23.7. The third-order valence-corrected chi connectivity index (χ3v) is 8.43. The molecule has 6 heteroatoms. The van der Waals surface area contributed by atoms with Crippen molar-refractivity contribution in [1.82, 2.24) is 9.80 Å². The highest BCUT2D eigenvalue weighted by Gasteiger charge is 2.37. The minimum absolute atomic E-state index is 0.0526. The number of benzene rings is 3. The lowest BCUT2D eigenvalue weighted by atomic mass is 9.73. The van der Waals surface area contributed by atoms with Gasteiger partial charge in [0.05, 0.1) is 7.11 Å². The Labute approximate surface area is 238 Å². The molecule has 40 heavy (non-hydrogen) atoms. The van der Waals surface area contributed by atoms with E-state index < -0.39 is 0 Å². The van der Waals surface area contributed by atoms with Crippen molar-refractivity contribution in [2.24, 2.45) is 5.41 Å². The molecule has 1 amide bonds. The second-order valence-electron chi connectivity index (χ2n) is 11.2. The van der Waals surface area contributed by atoms with Crippen molar-refractivity contribution in [3.63, 3.8) is 0 Å². The van der Waals surface area contributed by atoms with Crippen LogP contribution in [0.5, 0.6) is 17.2 Å². The molecule has 1 spiro atoms. The summed E-state index contributed by atoms with van der Waals surface area (Å²) in [6.45, 7) is 5.09. The van der Waals surface area contributed by atoms with Gasteiger partial charge in [-0.05, 0) is 66.8 Å². The summed E-state index contributed by atoms with van der Waals surface area (Å²) in [5.74, 6) is 2.46. The maximum absolute atomic E-state index is 13.1. The SMILES string of the molecule is COc1cccc(OCC(=O)N2CCC3(CCCCc4ccccc4OCCN(Cc4ccccc4)C3)CC2)c1. The number of rotatable bonds is 6. The first-order valence-electron chi connectivity index (χ1n) is 14.6. The van der Waals surface area contributed by atoms with Crippen LogP contribution in [0.4, 0.5) is 0 Å². The molecular weight excluding hydrogens is 500 g/mol. The Morgan fingerprint density at radius 3 is 2.48 bits per heavy atom. The number of fused-ring (bicyclic) bond motifs is 1. The van der Waals surface area contributed by atoms with Crippen LogP contribution in [0, 0.1) is 5.41 Å². The Bertz CT molecular complexity index is 1220. The van der Waals surface area contributed by atoms with Crippen LogP contribution >= 0.6 is 0 Å². The molecule has 5 rings (SSSR count). The number of methoxy groups -OCH3 is 1. The summed E-state index contributed by atoms with van der Waals surface area (Å²) in [4.78, 5) is 17.6. The van der Waals surface area contributed by atoms with Crippen LogP contribution in [0.1, 0.15) is 43.2 Å². The molecule has 2 aliphatic rings. The average molecular weight is 543 g/mol. The number of carbonyl (C=O) groups is 1. The van der Waals surface area contributed by atoms with E-state index in [2.05, 4.69) is 59.5 Å². The maximum atomic E-state index is 13.1. The lowest BCUT2D eigenvalue weighted by Crippen LogP contribution is -2.49. The second-order valence-corrected chi connectivity index (χ2v) is 11.2. The number of ether oxygens (including phenoxy) is 3. The molecule has 0 radical (unpaired) electrons. The topological polar surface area (TPSA) is 51.2 Å². The number of para-hydroxylation sites is 1. The van der Waals surface area contributed by atoms with Crippen LogP contribution in [0.15, 0.2) is 78.9 Å². The molecule has 0 saturated carbocycles. The fourth-order valence-electron chi connectivity index (χ4n) is 6.13. The van der Waals surface area contributed by atoms with Gasteiger partial charge >= 0.3 is 0 Å². The molecule has 2 heterocycles. The summed E-state index contributed by atoms with van der Waals surface area (Å²) < 4.78 is 17.4. The third kappa shape index (κ3) is 7.57. The van der Waals surface area contributed by atoms with Crippen molar-refractivity contribution in [3.8, 4) is 17.2 Å². The Morgan fingerprint density at radius 2 is 1.65 bits per heavy atom. The van der Waals surface area contributed by atoms with Gasteiger partial charge in [-0.2, -0.15) is 0 Å². The van der Waals surface area contributed by atoms with Crippen LogP contribution in [0.2, 0.25) is 0 Å². The Hall–Kier alpha value is -3.51. The number of aryl methyl sites for hydroxylation is 1. The van der Waals surface area contributed by atoms with Crippen molar-refractivity contribution in [2.75, 3.05) is 46.5 Å². The predicted molar refractivity (Wildman–Crippen MR) is 158 cm³/mol. The maximum Gasteiger partial charge on any atom is 0.260 e. The first kappa shape index (κ1) is 28.0. The van der Waals surface area contributed by atoms with Crippen molar-refractivity contribution in [1.29, 1.82) is 0 Å². The summed E-state index contributed by atoms with van der Waals surface area (Å²) in [5, 5.41) is 0. The first-order chi connectivity index (χ1) is 19.6. The lowest BCUT2D eigenvalue weighted by Gasteiger charge is -2.45. The van der Waals surface area contributed by atoms with Gasteiger partial charge in [0.1, 0.15) is 23.9 Å². The number of carbonyl (C=O) groups excluding carboxylic acids is 1. The van der Waals surface area contributed by atoms with Crippen LogP contribution in [-0.4, -0.2) is 62.2 Å². The minimum atomic E-state index is 0.0526. The molecule has 0 unspecified atom stereocenters. The smallest absolute Gasteiger partial charge is 0.260 e. The molecule has 1 saturated heterocycles. The van der Waals surface area contributed by atoms with E-state index in [0.29, 0.717) is 12.4 Å². The van der Waals surface area contributed by atoms with Gasteiger partial charge in [-0.3, -0.25) is 9.69 Å². The standard InChI is InChI=1S/C34H42N2O4/c1-38-30-14-9-15-31(24-30)40-26-33(37)36-20-18-34(19-21-36)17-8-7-13-29-12-5-6-16-32(29)39-23-22-35(27-34)25-28-10-3-2-4-11-28/h2-6,9-12,14-16,24H,7-8,13,17-23,25-27H2,1H3. The summed E-state index contributed by atoms with van der Waals surface area (Å²) >= 11 is 0. The van der Waals surface area contributed by atoms with Gasteiger partial charge in [0.25, 0.3) is 5.91 Å². The second kappa shape index (κ2) is 13.7. The highest BCUT2D eigenvalue weighted by atomic mass is 16.5. The molecule has 212 valence electrons. The summed E-state index contributed by atoms with van der Waals surface area (Å²) in [6, 6.07) is 26.6. The van der Waals surface area contributed by atoms with Gasteiger partial charge in [0, 0.05) is 38.8 Å². The average Bonchev–Trinajstić information content (AvgIpc) is 2.99. The first-order valence-corrected chi connectivity index (χ1v) is 14.6. The van der Waals surface area contributed by atoms with Gasteiger partial charge < -0.3 is 19.1 Å². The molecule has 6 nitrogen and oxygen atoms in total. The highest BCUT2D eigenvalue weighted by molar-refractivity contribution is 5.77. The highest BCUT2D eigenvalue weighted by Crippen LogP contribution is 2.39. The van der Waals surface area contributed by atoms with Crippen LogP contribution in [0.25, 0.3) is 0 Å². The quantitative estimate of drug-likeness (QED) is 0.383. The molecule has 2 aliphatic heterocycles. The van der Waals surface area contributed by atoms with Crippen LogP contribution < -0.4 is 14.2 Å². The number of hydrogen-bond acceptors (Lipinski definition) is 5. The number of nitrogens with zero attached hydrogens (tertiary/aromatic N) is 2. The van der Waals surface area contributed by atoms with Gasteiger partial charge in [-0.25, -0.2) is 0 Å². The van der Waals surface area contributed by atoms with E-state index in [1.165, 1.54) is 24.0 Å². The monoisotopic (exact) mass is 542 g/mol. The van der Waals surface area contributed by atoms with Crippen molar-refractivity contribution in [3.05, 3.63) is 90.0 Å². The Kier molecular flexibility index (Phi) is 9.61. The lowest BCUT2D eigenvalue weighted by molar-refractivity contribution is -0.136. The Balaban J connectivity index is 1.24. The molecule has 0 aromatic heterocycles. The van der Waals surface area contributed by atoms with Gasteiger partial charge in [-0.15, -0.1) is 0 Å². The van der Waals surface area contributed by atoms with E-state index in [1.807, 2.05) is 29.2 Å². The fraction of sp³-hybridized carbons (Fsp3) is 0.441. The predicted octanol–water partition coefficient (Wildman–Crippen LogP) is 5.99. The van der Waals surface area contributed by atoms with E-state index in [1.54, 1.807) is 7.11 Å². The normalized spacial score (nSPS) is 18.1. The molecule has 0 atom stereocenters. The van der Waals surface area contributed by atoms with Crippen LogP contribution in [-0.2, 0) is 17.8 Å². The van der Waals surface area contributed by atoms with E-state index in [0.717, 1.165) is 69.9 Å². The van der Waals surface area contributed by atoms with Crippen molar-refractivity contribution < 1.29 is 19.0 Å². The fourth-order valence-corrected chi connectivity index (χ4v) is 6.13. The summed E-state index contributed by atoms with van der Waals surface area (Å²) in [5.41, 5.74) is 2.83. The van der Waals surface area contributed by atoms with E-state index in [4.69, 9.17) is 14.2 Å². The Morgan fingerprint density at radius 1 is 0.875 bits per heavy atom. The number of piperidine rings is 1. The van der Waals surface area contributed by atoms with E-state index in [-0.39, 0.29) is 17.9 Å². The zero-order valence-corrected chi connectivity index (χ0v) is 23.7. The molecule has 0 N–H and O–H groups in total. The molecule has 0 bridgehead atoms. The van der Waals surface area contributed by atoms with Gasteiger partial charge in [-0.1, -0.05) is 61.0 Å². The van der Waals surface area contributed by atoms with Gasteiger partial charge in [0.15, 0.2) is 6.61 Å². The minimum Gasteiger partial charge on any atom is -0.497 e. The molecule has 3 aromatic carbocycles. The van der Waals surface area contributed by atoms with Crippen molar-refractivity contribution in [2.45, 2.75) is 45.1 Å².